The summed E-state index contributed by atoms with van der Waals surface area (Å²) >= 11 is 1.44. The number of aliphatic carboxylic acids is 1. The highest BCUT2D eigenvalue weighted by molar-refractivity contribution is 7.98. The Kier molecular flexibility index (Phi) is 12.6. The van der Waals surface area contributed by atoms with Crippen LogP contribution in [0.4, 0.5) is 0 Å². The zero-order valence-corrected chi connectivity index (χ0v) is 20.7. The second-order valence-corrected chi connectivity index (χ2v) is 9.15. The van der Waals surface area contributed by atoms with Crippen molar-refractivity contribution in [3.63, 3.8) is 0 Å². The average Bonchev–Trinajstić information content (AvgIpc) is 3.30. The molecule has 0 spiro atoms. The molecule has 0 aliphatic carbocycles. The molecule has 0 aliphatic heterocycles. The highest BCUT2D eigenvalue weighted by atomic mass is 32.2. The number of hydrogen-bond acceptors (Lipinski definition) is 8. The molecule has 0 saturated carbocycles. The first-order valence-electron chi connectivity index (χ1n) is 11.0. The van der Waals surface area contributed by atoms with Crippen LogP contribution >= 0.6 is 11.8 Å². The molecule has 6 unspecified atom stereocenters. The van der Waals surface area contributed by atoms with E-state index < -0.39 is 54.0 Å². The van der Waals surface area contributed by atoms with E-state index in [2.05, 4.69) is 25.9 Å². The number of aliphatic hydroxyl groups excluding tert-OH is 1. The standard InChI is InChI=1S/C21H36N6O6S/c1-5-11(2)16(22)19(30)27-17(12(3)28)20(31)25-14(6-7-34-4)18(29)26-15(21(32)33)8-13-9-23-10-24-13/h9-12,14-17,28H,5-8,22H2,1-4H3,(H,23,24)(H,25,31)(H,26,29)(H,27,30)(H,32,33). The molecular formula is C21H36N6O6S. The first kappa shape index (κ1) is 29.4. The Bertz CT molecular complexity index is 806. The molecule has 34 heavy (non-hydrogen) atoms. The van der Waals surface area contributed by atoms with Gasteiger partial charge in [-0.25, -0.2) is 9.78 Å². The quantitative estimate of drug-likeness (QED) is 0.158. The molecule has 3 amide bonds. The zero-order chi connectivity index (χ0) is 25.8. The van der Waals surface area contributed by atoms with Gasteiger partial charge >= 0.3 is 5.97 Å². The van der Waals surface area contributed by atoms with Crippen LogP contribution in [-0.2, 0) is 25.6 Å². The Morgan fingerprint density at radius 1 is 1.12 bits per heavy atom. The van der Waals surface area contributed by atoms with Crippen molar-refractivity contribution in [1.29, 1.82) is 0 Å². The molecule has 0 aliphatic rings. The van der Waals surface area contributed by atoms with Crippen molar-refractivity contribution >= 4 is 35.5 Å². The predicted molar refractivity (Wildman–Crippen MR) is 128 cm³/mol. The van der Waals surface area contributed by atoms with Gasteiger partial charge in [-0.3, -0.25) is 14.4 Å². The fourth-order valence-electron chi connectivity index (χ4n) is 3.02. The summed E-state index contributed by atoms with van der Waals surface area (Å²) in [6.07, 6.45) is 4.26. The summed E-state index contributed by atoms with van der Waals surface area (Å²) in [7, 11) is 0. The van der Waals surface area contributed by atoms with Gasteiger partial charge in [0.15, 0.2) is 0 Å². The van der Waals surface area contributed by atoms with E-state index in [-0.39, 0.29) is 18.8 Å². The van der Waals surface area contributed by atoms with Gasteiger partial charge in [0.2, 0.25) is 17.7 Å². The van der Waals surface area contributed by atoms with Crippen LogP contribution in [0.15, 0.2) is 12.5 Å². The van der Waals surface area contributed by atoms with Crippen LogP contribution in [0.25, 0.3) is 0 Å². The van der Waals surface area contributed by atoms with E-state index in [1.54, 1.807) is 6.92 Å². The minimum absolute atomic E-state index is 0.0237. The van der Waals surface area contributed by atoms with E-state index >= 15 is 0 Å². The second-order valence-electron chi connectivity index (χ2n) is 8.16. The van der Waals surface area contributed by atoms with Crippen LogP contribution in [-0.4, -0.2) is 86.2 Å². The molecule has 1 aromatic rings. The molecule has 0 fully saturated rings. The van der Waals surface area contributed by atoms with E-state index in [9.17, 15) is 29.4 Å². The third-order valence-corrected chi connectivity index (χ3v) is 6.10. The number of nitrogens with one attached hydrogen (secondary N) is 4. The maximum atomic E-state index is 12.9. The van der Waals surface area contributed by atoms with Crippen LogP contribution in [0, 0.1) is 5.92 Å². The molecule has 1 heterocycles. The molecule has 1 rings (SSSR count). The Balaban J connectivity index is 2.93. The van der Waals surface area contributed by atoms with E-state index in [1.165, 1.54) is 31.2 Å². The molecule has 6 atom stereocenters. The Morgan fingerprint density at radius 2 is 1.76 bits per heavy atom. The third kappa shape index (κ3) is 9.31. The lowest BCUT2D eigenvalue weighted by Gasteiger charge is -2.27. The molecule has 1 aromatic heterocycles. The average molecular weight is 501 g/mol. The molecule has 12 nitrogen and oxygen atoms in total. The van der Waals surface area contributed by atoms with Crippen LogP contribution in [0.2, 0.25) is 0 Å². The van der Waals surface area contributed by atoms with Gasteiger partial charge < -0.3 is 36.9 Å². The molecule has 0 saturated heterocycles. The molecule has 0 radical (unpaired) electrons. The lowest BCUT2D eigenvalue weighted by molar-refractivity contribution is -0.142. The van der Waals surface area contributed by atoms with Crippen LogP contribution in [0.5, 0.6) is 0 Å². The first-order chi connectivity index (χ1) is 16.0. The van der Waals surface area contributed by atoms with Crippen LogP contribution < -0.4 is 21.7 Å². The Hall–Kier alpha value is -2.64. The fraction of sp³-hybridized carbons (Fsp3) is 0.667. The number of aromatic amines is 1. The Morgan fingerprint density at radius 3 is 2.26 bits per heavy atom. The molecular weight excluding hydrogens is 464 g/mol. The number of aromatic nitrogens is 2. The van der Waals surface area contributed by atoms with E-state index in [1.807, 2.05) is 13.2 Å². The number of carboxylic acids is 1. The normalized spacial score (nSPS) is 16.4. The largest absolute Gasteiger partial charge is 0.480 e. The minimum Gasteiger partial charge on any atom is -0.480 e. The zero-order valence-electron chi connectivity index (χ0n) is 19.9. The maximum absolute atomic E-state index is 12.9. The molecule has 13 heteroatoms. The molecule has 0 aromatic carbocycles. The molecule has 192 valence electrons. The number of carboxylic acid groups (broad SMARTS) is 1. The number of H-pyrrole nitrogens is 1. The number of rotatable bonds is 15. The highest BCUT2D eigenvalue weighted by Crippen LogP contribution is 2.08. The summed E-state index contributed by atoms with van der Waals surface area (Å²) in [5, 5.41) is 27.0. The Labute approximate surface area is 203 Å². The van der Waals surface area contributed by atoms with Crippen molar-refractivity contribution < 1.29 is 29.4 Å². The number of thioether (sulfide) groups is 1. The topological polar surface area (TPSA) is 200 Å². The van der Waals surface area contributed by atoms with Crippen LogP contribution in [0.1, 0.15) is 39.3 Å². The number of amides is 3. The highest BCUT2D eigenvalue weighted by Gasteiger charge is 2.33. The van der Waals surface area contributed by atoms with E-state index in [4.69, 9.17) is 5.73 Å². The number of imidazole rings is 1. The van der Waals surface area contributed by atoms with Gasteiger partial charge in [0, 0.05) is 18.3 Å². The number of nitrogens with zero attached hydrogens (tertiary/aromatic N) is 1. The van der Waals surface area contributed by atoms with Gasteiger partial charge in [-0.2, -0.15) is 11.8 Å². The van der Waals surface area contributed by atoms with Gasteiger partial charge in [-0.15, -0.1) is 0 Å². The summed E-state index contributed by atoms with van der Waals surface area (Å²) in [6, 6.07) is -4.53. The summed E-state index contributed by atoms with van der Waals surface area (Å²) < 4.78 is 0. The number of carbonyl (C=O) groups is 4. The van der Waals surface area contributed by atoms with Gasteiger partial charge in [0.25, 0.3) is 0 Å². The number of nitrogens with two attached hydrogens (primary N) is 1. The lowest BCUT2D eigenvalue weighted by atomic mass is 9.98. The van der Waals surface area contributed by atoms with Crippen molar-refractivity contribution in [2.75, 3.05) is 12.0 Å². The predicted octanol–water partition coefficient (Wildman–Crippen LogP) is -1.00. The first-order valence-corrected chi connectivity index (χ1v) is 12.4. The van der Waals surface area contributed by atoms with Crippen molar-refractivity contribution in [3.8, 4) is 0 Å². The maximum Gasteiger partial charge on any atom is 0.326 e. The smallest absolute Gasteiger partial charge is 0.326 e. The van der Waals surface area contributed by atoms with Crippen molar-refractivity contribution in [2.45, 2.75) is 70.3 Å². The SMILES string of the molecule is CCC(C)C(N)C(=O)NC(C(=O)NC(CCSC)C(=O)NC(Cc1cnc[nH]1)C(=O)O)C(C)O. The summed E-state index contributed by atoms with van der Waals surface area (Å²) in [5.41, 5.74) is 6.44. The van der Waals surface area contributed by atoms with Gasteiger partial charge in [0.05, 0.1) is 18.5 Å². The second kappa shape index (κ2) is 14.6. The number of carbonyl (C=O) groups excluding carboxylic acids is 3. The van der Waals surface area contributed by atoms with Gasteiger partial charge in [0.1, 0.15) is 18.1 Å². The van der Waals surface area contributed by atoms with Crippen LogP contribution in [0.3, 0.4) is 0 Å². The minimum atomic E-state index is -1.34. The van der Waals surface area contributed by atoms with Gasteiger partial charge in [-0.05, 0) is 31.3 Å². The van der Waals surface area contributed by atoms with E-state index in [0.29, 0.717) is 17.9 Å². The van der Waals surface area contributed by atoms with Crippen molar-refractivity contribution in [1.82, 2.24) is 25.9 Å². The van der Waals surface area contributed by atoms with Crippen molar-refractivity contribution in [3.05, 3.63) is 18.2 Å². The lowest BCUT2D eigenvalue weighted by Crippen LogP contribution is -2.60. The summed E-state index contributed by atoms with van der Waals surface area (Å²) in [4.78, 5) is 56.5. The molecule has 8 N–H and O–H groups in total. The number of aliphatic hydroxyl groups is 1. The van der Waals surface area contributed by atoms with Crippen molar-refractivity contribution in [2.24, 2.45) is 11.7 Å². The molecule has 0 bridgehead atoms. The van der Waals surface area contributed by atoms with Gasteiger partial charge in [-0.1, -0.05) is 20.3 Å². The fourth-order valence-corrected chi connectivity index (χ4v) is 3.49. The monoisotopic (exact) mass is 500 g/mol. The number of hydrogen-bond donors (Lipinski definition) is 7. The summed E-state index contributed by atoms with van der Waals surface area (Å²) in [5.74, 6) is -2.94. The van der Waals surface area contributed by atoms with E-state index in [0.717, 1.165) is 0 Å². The third-order valence-electron chi connectivity index (χ3n) is 5.46. The summed E-state index contributed by atoms with van der Waals surface area (Å²) in [6.45, 7) is 5.01.